The molecule has 0 spiro atoms. The molecular formula is C4H6SZn. The van der Waals surface area contributed by atoms with Gasteiger partial charge in [0, 0.05) is 0 Å². The Kier molecular flexibility index (Phi) is 2.70. The topological polar surface area (TPSA) is 0 Å². The zero-order valence-electron chi connectivity index (χ0n) is 3.68. The molecule has 1 saturated heterocycles. The first-order chi connectivity index (χ1) is 2.30. The summed E-state index contributed by atoms with van der Waals surface area (Å²) in [7, 11) is 0. The fourth-order valence-electron chi connectivity index (χ4n) is 0.179. The molecule has 1 heterocycles. The maximum absolute atomic E-state index is 3.73. The summed E-state index contributed by atoms with van der Waals surface area (Å²) in [6, 6.07) is 0. The third-order valence-electron chi connectivity index (χ3n) is 0.688. The quantitative estimate of drug-likeness (QED) is 0.284. The van der Waals surface area contributed by atoms with Gasteiger partial charge in [0.05, 0.1) is 0 Å². The first kappa shape index (κ1) is 6.97. The maximum atomic E-state index is 3.73. The van der Waals surface area contributed by atoms with E-state index in [-0.39, 0.29) is 19.5 Å². The van der Waals surface area contributed by atoms with Gasteiger partial charge in [-0.3, -0.25) is 0 Å². The van der Waals surface area contributed by atoms with Crippen molar-refractivity contribution in [2.75, 3.05) is 0 Å². The van der Waals surface area contributed by atoms with Gasteiger partial charge in [-0.25, -0.2) is 11.8 Å². The SMILES string of the molecule is [CH2-]C1SC1[CH2-].[Zn+2]. The van der Waals surface area contributed by atoms with Gasteiger partial charge in [0.25, 0.3) is 0 Å². The van der Waals surface area contributed by atoms with Gasteiger partial charge in [-0.1, -0.05) is 0 Å². The van der Waals surface area contributed by atoms with E-state index >= 15 is 0 Å². The molecule has 1 aliphatic heterocycles. The van der Waals surface area contributed by atoms with Gasteiger partial charge in [0.1, 0.15) is 0 Å². The molecule has 1 rings (SSSR count). The van der Waals surface area contributed by atoms with E-state index in [9.17, 15) is 0 Å². The fourth-order valence-corrected chi connectivity index (χ4v) is 0.537. The fraction of sp³-hybridized carbons (Fsp3) is 0.500. The van der Waals surface area contributed by atoms with E-state index in [1.165, 1.54) is 0 Å². The van der Waals surface area contributed by atoms with Gasteiger partial charge < -0.3 is 13.8 Å². The first-order valence-electron chi connectivity index (χ1n) is 1.62. The van der Waals surface area contributed by atoms with Crippen LogP contribution in [0.5, 0.6) is 0 Å². The molecule has 0 amide bonds. The molecule has 6 heavy (non-hydrogen) atoms. The zero-order valence-corrected chi connectivity index (χ0v) is 7.47. The second-order valence-electron chi connectivity index (χ2n) is 1.21. The van der Waals surface area contributed by atoms with Crippen LogP contribution in [0.25, 0.3) is 0 Å². The molecule has 0 bridgehead atoms. The van der Waals surface area contributed by atoms with Crippen LogP contribution in [0.3, 0.4) is 0 Å². The molecule has 0 nitrogen and oxygen atoms in total. The van der Waals surface area contributed by atoms with Crippen LogP contribution >= 0.6 is 11.8 Å². The van der Waals surface area contributed by atoms with Gasteiger partial charge in [0.2, 0.25) is 0 Å². The van der Waals surface area contributed by atoms with E-state index in [0.717, 1.165) is 0 Å². The smallest absolute Gasteiger partial charge is 0.332 e. The van der Waals surface area contributed by atoms with Crippen LogP contribution in [-0.2, 0) is 19.5 Å². The van der Waals surface area contributed by atoms with Crippen molar-refractivity contribution in [3.05, 3.63) is 13.8 Å². The van der Waals surface area contributed by atoms with E-state index < -0.39 is 0 Å². The van der Waals surface area contributed by atoms with Crippen LogP contribution in [-0.4, -0.2) is 10.5 Å². The number of hydrogen-bond donors (Lipinski definition) is 0. The van der Waals surface area contributed by atoms with Gasteiger partial charge in [-0.05, 0) is 0 Å². The molecule has 30 valence electrons. The monoisotopic (exact) mass is 150 g/mol. The first-order valence-corrected chi connectivity index (χ1v) is 2.56. The minimum atomic E-state index is 0. The van der Waals surface area contributed by atoms with Crippen molar-refractivity contribution >= 4 is 11.8 Å². The molecule has 0 aromatic rings. The van der Waals surface area contributed by atoms with Gasteiger partial charge in [0.15, 0.2) is 0 Å². The Morgan fingerprint density at radius 3 is 1.33 bits per heavy atom. The Labute approximate surface area is 55.8 Å². The minimum Gasteiger partial charge on any atom is -0.332 e. The summed E-state index contributed by atoms with van der Waals surface area (Å²) in [6.45, 7) is 7.46. The predicted molar refractivity (Wildman–Crippen MR) is 25.9 cm³/mol. The number of thioether (sulfide) groups is 1. The molecule has 1 aliphatic rings. The van der Waals surface area contributed by atoms with Crippen LogP contribution < -0.4 is 0 Å². The van der Waals surface area contributed by atoms with Crippen molar-refractivity contribution in [1.82, 2.24) is 0 Å². The summed E-state index contributed by atoms with van der Waals surface area (Å²) in [4.78, 5) is 0. The van der Waals surface area contributed by atoms with Crippen molar-refractivity contribution in [3.63, 3.8) is 0 Å². The Balaban J connectivity index is 0.000000250. The van der Waals surface area contributed by atoms with Crippen LogP contribution in [0.2, 0.25) is 0 Å². The van der Waals surface area contributed by atoms with Crippen LogP contribution in [0.15, 0.2) is 0 Å². The number of rotatable bonds is 0. The van der Waals surface area contributed by atoms with Crippen molar-refractivity contribution < 1.29 is 19.5 Å². The summed E-state index contributed by atoms with van der Waals surface area (Å²) in [5.41, 5.74) is 0. The van der Waals surface area contributed by atoms with Crippen molar-refractivity contribution in [2.24, 2.45) is 0 Å². The second kappa shape index (κ2) is 2.32. The second-order valence-corrected chi connectivity index (χ2v) is 2.70. The zero-order chi connectivity index (χ0) is 3.86. The Hall–Kier alpha value is 0.973. The van der Waals surface area contributed by atoms with E-state index in [0.29, 0.717) is 10.5 Å². The van der Waals surface area contributed by atoms with Crippen LogP contribution in [0.4, 0.5) is 0 Å². The predicted octanol–water partition coefficient (Wildman–Crippen LogP) is 1.14. The summed E-state index contributed by atoms with van der Waals surface area (Å²) in [5.74, 6) is 0. The molecule has 2 atom stereocenters. The maximum Gasteiger partial charge on any atom is 2.00 e. The third kappa shape index (κ3) is 1.61. The summed E-state index contributed by atoms with van der Waals surface area (Å²) in [5, 5.41) is 1.21. The van der Waals surface area contributed by atoms with Gasteiger partial charge >= 0.3 is 19.5 Å². The van der Waals surface area contributed by atoms with Crippen LogP contribution in [0.1, 0.15) is 0 Å². The molecule has 0 saturated carbocycles. The summed E-state index contributed by atoms with van der Waals surface area (Å²) in [6.07, 6.45) is 0. The molecule has 0 aromatic carbocycles. The van der Waals surface area contributed by atoms with Crippen molar-refractivity contribution in [2.45, 2.75) is 10.5 Å². The van der Waals surface area contributed by atoms with Crippen molar-refractivity contribution in [1.29, 1.82) is 0 Å². The standard InChI is InChI=1S/C4H6S.Zn/c1-3-4(2)5-3;/h3-4H,1-2H2;/q-2;+2. The molecule has 0 aromatic heterocycles. The van der Waals surface area contributed by atoms with Gasteiger partial charge in [-0.2, -0.15) is 0 Å². The number of hydrogen-bond acceptors (Lipinski definition) is 1. The van der Waals surface area contributed by atoms with E-state index in [4.69, 9.17) is 0 Å². The minimum absolute atomic E-state index is 0. The van der Waals surface area contributed by atoms with Crippen LogP contribution in [0, 0.1) is 13.8 Å². The Morgan fingerprint density at radius 2 is 1.33 bits per heavy atom. The Morgan fingerprint density at radius 1 is 1.17 bits per heavy atom. The molecule has 2 heteroatoms. The van der Waals surface area contributed by atoms with Gasteiger partial charge in [-0.15, -0.1) is 10.5 Å². The molecule has 0 radical (unpaired) electrons. The van der Waals surface area contributed by atoms with E-state index in [1.54, 1.807) is 0 Å². The average Bonchev–Trinajstić information content (AvgIpc) is 1.79. The van der Waals surface area contributed by atoms with Crippen molar-refractivity contribution in [3.8, 4) is 0 Å². The molecular weight excluding hydrogens is 146 g/mol. The largest absolute Gasteiger partial charge is 2.00 e. The average molecular weight is 152 g/mol. The Bertz CT molecular complexity index is 40.8. The van der Waals surface area contributed by atoms with E-state index in [1.807, 2.05) is 11.8 Å². The van der Waals surface area contributed by atoms with E-state index in [2.05, 4.69) is 13.8 Å². The normalized spacial score (nSPS) is 41.0. The summed E-state index contributed by atoms with van der Waals surface area (Å²) < 4.78 is 0. The summed E-state index contributed by atoms with van der Waals surface area (Å²) >= 11 is 1.82. The molecule has 1 fully saturated rings. The molecule has 0 aliphatic carbocycles. The molecule has 2 unspecified atom stereocenters. The molecule has 0 N–H and O–H groups in total. The third-order valence-corrected chi connectivity index (χ3v) is 1.73.